The van der Waals surface area contributed by atoms with E-state index in [0.717, 1.165) is 54.8 Å². The number of nitrogens with zero attached hydrogens (tertiary/aromatic N) is 1. The average molecular weight is 537 g/mol. The zero-order valence-electron chi connectivity index (χ0n) is 22.2. The number of phenols is 2. The van der Waals surface area contributed by atoms with Gasteiger partial charge in [-0.25, -0.2) is 0 Å². The van der Waals surface area contributed by atoms with Crippen LogP contribution in [0, 0.1) is 11.8 Å². The van der Waals surface area contributed by atoms with E-state index in [1.165, 1.54) is 23.6 Å². The molecule has 7 heteroatoms. The van der Waals surface area contributed by atoms with Crippen LogP contribution in [0.1, 0.15) is 56.1 Å². The van der Waals surface area contributed by atoms with Gasteiger partial charge in [0.25, 0.3) is 0 Å². The Balaban J connectivity index is 1.24. The summed E-state index contributed by atoms with van der Waals surface area (Å²) in [4.78, 5) is 15.3. The zero-order chi connectivity index (χ0) is 26.7. The van der Waals surface area contributed by atoms with Gasteiger partial charge in [-0.1, -0.05) is 18.2 Å². The van der Waals surface area contributed by atoms with Gasteiger partial charge in [0.15, 0.2) is 11.5 Å². The summed E-state index contributed by atoms with van der Waals surface area (Å²) in [6, 6.07) is 13.3. The van der Waals surface area contributed by atoms with Gasteiger partial charge in [-0.05, 0) is 122 Å². The Morgan fingerprint density at radius 3 is 2.76 bits per heavy atom. The summed E-state index contributed by atoms with van der Waals surface area (Å²) in [7, 11) is 1.92. The number of hydrogen-bond acceptors (Lipinski definition) is 6. The van der Waals surface area contributed by atoms with Crippen molar-refractivity contribution in [1.29, 1.82) is 0 Å². The Morgan fingerprint density at radius 2 is 1.97 bits per heavy atom. The Bertz CT molecular complexity index is 1260. The van der Waals surface area contributed by atoms with Gasteiger partial charge in [-0.15, -0.1) is 11.3 Å². The molecule has 2 fully saturated rings. The molecule has 3 unspecified atom stereocenters. The number of nitrogens with one attached hydrogen (secondary N) is 1. The first-order valence-corrected chi connectivity index (χ1v) is 14.8. The molecule has 204 valence electrons. The number of thiophene rings is 1. The summed E-state index contributed by atoms with van der Waals surface area (Å²) in [5.74, 6) is 0.762. The highest BCUT2D eigenvalue weighted by Crippen LogP contribution is 2.41. The van der Waals surface area contributed by atoms with Crippen LogP contribution in [0.4, 0.5) is 0 Å². The molecule has 5 rings (SSSR count). The van der Waals surface area contributed by atoms with Crippen molar-refractivity contribution < 1.29 is 20.1 Å². The number of rotatable bonds is 11. The molecule has 2 aliphatic carbocycles. The summed E-state index contributed by atoms with van der Waals surface area (Å²) in [5, 5.41) is 38.2. The fourth-order valence-electron chi connectivity index (χ4n) is 6.05. The highest BCUT2D eigenvalue weighted by Gasteiger charge is 2.43. The third kappa shape index (κ3) is 6.33. The Hall–Kier alpha value is -2.61. The number of amides is 1. The van der Waals surface area contributed by atoms with Crippen LogP contribution < -0.4 is 5.32 Å². The molecule has 0 spiro atoms. The lowest BCUT2D eigenvalue weighted by atomic mass is 9.69. The fourth-order valence-corrected chi connectivity index (χ4v) is 6.88. The van der Waals surface area contributed by atoms with Gasteiger partial charge in [0.05, 0.1) is 12.0 Å². The molecule has 4 N–H and O–H groups in total. The number of aryl methyl sites for hydroxylation is 1. The molecule has 0 aliphatic heterocycles. The molecule has 0 saturated heterocycles. The van der Waals surface area contributed by atoms with Crippen LogP contribution in [-0.4, -0.2) is 57.9 Å². The van der Waals surface area contributed by atoms with E-state index in [1.807, 2.05) is 18.0 Å². The minimum absolute atomic E-state index is 0.0780. The topological polar surface area (TPSA) is 93.0 Å². The molecule has 2 aromatic carbocycles. The fraction of sp³-hybridized carbons (Fsp3) is 0.516. The minimum atomic E-state index is -0.822. The van der Waals surface area contributed by atoms with Crippen molar-refractivity contribution in [2.24, 2.45) is 11.8 Å². The molecule has 2 saturated carbocycles. The van der Waals surface area contributed by atoms with E-state index < -0.39 is 5.60 Å². The van der Waals surface area contributed by atoms with E-state index in [1.54, 1.807) is 23.5 Å². The molecular weight excluding hydrogens is 496 g/mol. The van der Waals surface area contributed by atoms with Crippen molar-refractivity contribution >= 4 is 27.3 Å². The maximum absolute atomic E-state index is 13.4. The maximum atomic E-state index is 13.4. The van der Waals surface area contributed by atoms with Crippen molar-refractivity contribution in [1.82, 2.24) is 10.2 Å². The lowest BCUT2D eigenvalue weighted by Gasteiger charge is -2.46. The number of fused-ring (bicyclic) bond motifs is 1. The molecular formula is C31H40N2O4S. The second-order valence-corrected chi connectivity index (χ2v) is 12.4. The molecule has 1 amide bonds. The first kappa shape index (κ1) is 27.0. The molecule has 1 aromatic heterocycles. The number of hydrogen-bond donors (Lipinski definition) is 4. The van der Waals surface area contributed by atoms with Gasteiger partial charge in [0.2, 0.25) is 5.91 Å². The molecule has 2 aliphatic rings. The van der Waals surface area contributed by atoms with Crippen LogP contribution in [0.25, 0.3) is 10.1 Å². The van der Waals surface area contributed by atoms with Gasteiger partial charge in [-0.2, -0.15) is 0 Å². The summed E-state index contributed by atoms with van der Waals surface area (Å²) in [6.07, 6.45) is 7.31. The predicted octanol–water partition coefficient (Wildman–Crippen LogP) is 5.24. The number of aromatic hydroxyl groups is 2. The minimum Gasteiger partial charge on any atom is -0.504 e. The van der Waals surface area contributed by atoms with Gasteiger partial charge >= 0.3 is 0 Å². The number of likely N-dealkylation sites (N-methyl/N-ethyl adjacent to an activating group) is 1. The molecule has 6 nitrogen and oxygen atoms in total. The maximum Gasteiger partial charge on any atom is 0.227 e. The van der Waals surface area contributed by atoms with E-state index in [-0.39, 0.29) is 29.4 Å². The predicted molar refractivity (Wildman–Crippen MR) is 153 cm³/mol. The largest absolute Gasteiger partial charge is 0.504 e. The van der Waals surface area contributed by atoms with Gasteiger partial charge < -0.3 is 25.5 Å². The van der Waals surface area contributed by atoms with E-state index >= 15 is 0 Å². The van der Waals surface area contributed by atoms with Crippen molar-refractivity contribution in [3.8, 4) is 11.5 Å². The standard InChI is InChI=1S/C31H40N2O4S/c1-33(30(36)18-23-3-2-4-29-26(23)12-16-38-29)25-10-14-31(37,13-9-21-7-8-27(34)28(35)17-21)24(19-25)11-15-32-20-22-5-6-22/h2-4,7-8,12,16-17,22,24-25,32,34-35,37H,5-6,9-11,13-15,18-20H2,1H3. The monoisotopic (exact) mass is 536 g/mol. The van der Waals surface area contributed by atoms with Crippen molar-refractivity contribution in [2.75, 3.05) is 20.1 Å². The van der Waals surface area contributed by atoms with Crippen LogP contribution >= 0.6 is 11.3 Å². The summed E-state index contributed by atoms with van der Waals surface area (Å²) in [6.45, 7) is 1.92. The Labute approximate surface area is 229 Å². The molecule has 3 aromatic rings. The molecule has 0 bridgehead atoms. The Morgan fingerprint density at radius 1 is 1.13 bits per heavy atom. The second kappa shape index (κ2) is 11.6. The van der Waals surface area contributed by atoms with Crippen LogP contribution in [-0.2, 0) is 17.6 Å². The lowest BCUT2D eigenvalue weighted by Crippen LogP contribution is -2.51. The lowest BCUT2D eigenvalue weighted by molar-refractivity contribution is -0.135. The quantitative estimate of drug-likeness (QED) is 0.199. The highest BCUT2D eigenvalue weighted by molar-refractivity contribution is 7.17. The van der Waals surface area contributed by atoms with E-state index in [4.69, 9.17) is 0 Å². The summed E-state index contributed by atoms with van der Waals surface area (Å²) in [5.41, 5.74) is 1.15. The first-order valence-electron chi connectivity index (χ1n) is 14.0. The van der Waals surface area contributed by atoms with Gasteiger partial charge in [-0.3, -0.25) is 4.79 Å². The second-order valence-electron chi connectivity index (χ2n) is 11.4. The van der Waals surface area contributed by atoms with E-state index in [0.29, 0.717) is 25.7 Å². The number of carbonyl (C=O) groups excluding carboxylic acids is 1. The molecule has 38 heavy (non-hydrogen) atoms. The number of phenolic OH excluding ortho intramolecular Hbond substituents is 2. The molecule has 0 radical (unpaired) electrons. The highest BCUT2D eigenvalue weighted by atomic mass is 32.1. The van der Waals surface area contributed by atoms with E-state index in [2.05, 4.69) is 28.9 Å². The van der Waals surface area contributed by atoms with Crippen LogP contribution in [0.15, 0.2) is 47.8 Å². The number of benzene rings is 2. The Kier molecular flexibility index (Phi) is 8.26. The smallest absolute Gasteiger partial charge is 0.227 e. The SMILES string of the molecule is CN(C(=O)Cc1cccc2sccc12)C1CCC(O)(CCc2ccc(O)c(O)c2)C(CCNCC2CC2)C1. The first-order chi connectivity index (χ1) is 18.3. The van der Waals surface area contributed by atoms with E-state index in [9.17, 15) is 20.1 Å². The van der Waals surface area contributed by atoms with Crippen molar-refractivity contribution in [3.05, 3.63) is 59.0 Å². The zero-order valence-corrected chi connectivity index (χ0v) is 23.1. The van der Waals surface area contributed by atoms with Gasteiger partial charge in [0.1, 0.15) is 0 Å². The van der Waals surface area contributed by atoms with Crippen molar-refractivity contribution in [2.45, 2.75) is 69.4 Å². The number of carbonyl (C=O) groups is 1. The summed E-state index contributed by atoms with van der Waals surface area (Å²) >= 11 is 1.70. The van der Waals surface area contributed by atoms with Crippen LogP contribution in [0.3, 0.4) is 0 Å². The molecule has 1 heterocycles. The molecule has 3 atom stereocenters. The summed E-state index contributed by atoms with van der Waals surface area (Å²) < 4.78 is 1.21. The van der Waals surface area contributed by atoms with Gasteiger partial charge in [0, 0.05) is 17.8 Å². The van der Waals surface area contributed by atoms with Crippen molar-refractivity contribution in [3.63, 3.8) is 0 Å². The van der Waals surface area contributed by atoms with Crippen LogP contribution in [0.2, 0.25) is 0 Å². The number of aliphatic hydroxyl groups is 1. The third-order valence-corrected chi connectivity index (χ3v) is 9.66. The normalized spacial score (nSPS) is 23.5. The van der Waals surface area contributed by atoms with Crippen LogP contribution in [0.5, 0.6) is 11.5 Å². The third-order valence-electron chi connectivity index (χ3n) is 8.78. The average Bonchev–Trinajstić information content (AvgIpc) is 3.61.